The van der Waals surface area contributed by atoms with Gasteiger partial charge in [-0.25, -0.2) is 0 Å². The minimum Gasteiger partial charge on any atom is -0.339 e. The Kier molecular flexibility index (Phi) is 6.86. The first kappa shape index (κ1) is 21.1. The van der Waals surface area contributed by atoms with Gasteiger partial charge in [-0.3, -0.25) is 9.78 Å². The molecule has 1 aliphatic rings. The number of piperidine rings is 1. The molecule has 1 aromatic carbocycles. The molecule has 0 aliphatic carbocycles. The van der Waals surface area contributed by atoms with E-state index < -0.39 is 0 Å². The number of hydrogen-bond donors (Lipinski definition) is 0. The van der Waals surface area contributed by atoms with Crippen LogP contribution in [-0.2, 0) is 6.42 Å². The summed E-state index contributed by atoms with van der Waals surface area (Å²) in [5.41, 5.74) is 5.07. The van der Waals surface area contributed by atoms with E-state index in [0.29, 0.717) is 10.6 Å². The maximum atomic E-state index is 12.8. The predicted octanol–water partition coefficient (Wildman–Crippen LogP) is 7.10. The molecule has 1 saturated heterocycles. The summed E-state index contributed by atoms with van der Waals surface area (Å²) in [5, 5.41) is 2.76. The van der Waals surface area contributed by atoms with Crippen LogP contribution in [0.5, 0.6) is 0 Å². The monoisotopic (exact) mass is 438 g/mol. The second kappa shape index (κ2) is 9.76. The van der Waals surface area contributed by atoms with Gasteiger partial charge in [-0.2, -0.15) is 0 Å². The number of amides is 1. The molecule has 30 heavy (non-hydrogen) atoms. The Labute approximate surface area is 187 Å². The number of benzene rings is 1. The van der Waals surface area contributed by atoms with Crippen molar-refractivity contribution in [1.82, 2.24) is 9.88 Å². The second-order valence-electron chi connectivity index (χ2n) is 7.89. The van der Waals surface area contributed by atoms with E-state index in [4.69, 9.17) is 11.6 Å². The van der Waals surface area contributed by atoms with Crippen molar-refractivity contribution in [2.24, 2.45) is 0 Å². The smallest absolute Gasteiger partial charge is 0.253 e. The van der Waals surface area contributed by atoms with Gasteiger partial charge in [-0.15, -0.1) is 11.3 Å². The maximum Gasteiger partial charge on any atom is 0.253 e. The Morgan fingerprint density at radius 2 is 1.93 bits per heavy atom. The van der Waals surface area contributed by atoms with Gasteiger partial charge in [0.1, 0.15) is 0 Å². The molecule has 0 N–H and O–H groups in total. The first-order chi connectivity index (χ1) is 14.7. The molecule has 1 amide bonds. The summed E-state index contributed by atoms with van der Waals surface area (Å²) in [5.74, 6) is 0.0885. The Hall–Kier alpha value is -2.17. The summed E-state index contributed by atoms with van der Waals surface area (Å²) in [6.45, 7) is 3.89. The maximum absolute atomic E-state index is 12.8. The van der Waals surface area contributed by atoms with Crippen molar-refractivity contribution < 1.29 is 4.79 Å². The summed E-state index contributed by atoms with van der Waals surface area (Å²) in [6, 6.07) is 12.1. The van der Waals surface area contributed by atoms with Gasteiger partial charge < -0.3 is 4.90 Å². The molecule has 2 aromatic heterocycles. The molecule has 1 fully saturated rings. The first-order valence-corrected chi connectivity index (χ1v) is 12.0. The number of aryl methyl sites for hydroxylation is 1. The summed E-state index contributed by atoms with van der Waals surface area (Å²) in [4.78, 5) is 20.4. The molecule has 5 heteroatoms. The lowest BCUT2D eigenvalue weighted by Crippen LogP contribution is -2.35. The molecule has 0 atom stereocenters. The van der Waals surface area contributed by atoms with Crippen molar-refractivity contribution in [3.8, 4) is 21.6 Å². The Balaban J connectivity index is 1.54. The quantitative estimate of drug-likeness (QED) is 0.411. The topological polar surface area (TPSA) is 33.2 Å². The van der Waals surface area contributed by atoms with E-state index in [9.17, 15) is 4.79 Å². The van der Waals surface area contributed by atoms with Gasteiger partial charge in [0.05, 0.1) is 0 Å². The van der Waals surface area contributed by atoms with Crippen LogP contribution in [0.4, 0.5) is 0 Å². The van der Waals surface area contributed by atoms with Gasteiger partial charge in [-0.1, -0.05) is 31.0 Å². The van der Waals surface area contributed by atoms with E-state index in [1.807, 2.05) is 29.3 Å². The summed E-state index contributed by atoms with van der Waals surface area (Å²) >= 11 is 8.32. The number of nitrogens with zero attached hydrogens (tertiary/aromatic N) is 2. The molecular formula is C25H27ClN2OS. The molecule has 3 heterocycles. The molecule has 0 unspecified atom stereocenters. The van der Waals surface area contributed by atoms with E-state index in [-0.39, 0.29) is 5.91 Å². The Morgan fingerprint density at radius 3 is 2.70 bits per heavy atom. The molecule has 1 aliphatic heterocycles. The third-order valence-electron chi connectivity index (χ3n) is 5.66. The number of hydrogen-bond acceptors (Lipinski definition) is 3. The number of aromatic nitrogens is 1. The van der Waals surface area contributed by atoms with Crippen molar-refractivity contribution >= 4 is 28.8 Å². The van der Waals surface area contributed by atoms with Gasteiger partial charge >= 0.3 is 0 Å². The van der Waals surface area contributed by atoms with E-state index in [0.717, 1.165) is 55.6 Å². The normalized spacial score (nSPS) is 14.1. The third-order valence-corrected chi connectivity index (χ3v) is 6.95. The van der Waals surface area contributed by atoms with Crippen molar-refractivity contribution in [2.45, 2.75) is 45.4 Å². The molecule has 156 valence electrons. The first-order valence-electron chi connectivity index (χ1n) is 10.8. The lowest BCUT2D eigenvalue weighted by atomic mass is 10.0. The summed E-state index contributed by atoms with van der Waals surface area (Å²) in [7, 11) is 0. The SMILES string of the molecule is CCCCc1cc(-c2cc(-c3ccc(C(=O)N4CCCCC4)cc3Cl)cs2)ccn1. The number of likely N-dealkylation sites (tertiary alicyclic amines) is 1. The predicted molar refractivity (Wildman–Crippen MR) is 126 cm³/mol. The Bertz CT molecular complexity index is 1020. The Morgan fingerprint density at radius 1 is 1.10 bits per heavy atom. The molecule has 0 bridgehead atoms. The molecule has 4 rings (SSSR count). The van der Waals surface area contributed by atoms with Gasteiger partial charge in [-0.05, 0) is 78.9 Å². The highest BCUT2D eigenvalue weighted by Gasteiger charge is 2.19. The number of unbranched alkanes of at least 4 members (excludes halogenated alkanes) is 1. The fourth-order valence-corrected chi connectivity index (χ4v) is 5.11. The third kappa shape index (κ3) is 4.76. The number of thiophene rings is 1. The van der Waals surface area contributed by atoms with Crippen molar-refractivity contribution in [3.63, 3.8) is 0 Å². The van der Waals surface area contributed by atoms with Crippen LogP contribution in [0.15, 0.2) is 48.0 Å². The minimum atomic E-state index is 0.0885. The van der Waals surface area contributed by atoms with Crippen LogP contribution in [0.25, 0.3) is 21.6 Å². The average molecular weight is 439 g/mol. The number of carbonyl (C=O) groups excluding carboxylic acids is 1. The number of halogens is 1. The van der Waals surface area contributed by atoms with Crippen LogP contribution in [0, 0.1) is 0 Å². The highest BCUT2D eigenvalue weighted by atomic mass is 35.5. The van der Waals surface area contributed by atoms with Crippen LogP contribution in [0.1, 0.15) is 55.1 Å². The van der Waals surface area contributed by atoms with Crippen molar-refractivity contribution in [2.75, 3.05) is 13.1 Å². The van der Waals surface area contributed by atoms with Crippen LogP contribution in [0.3, 0.4) is 0 Å². The lowest BCUT2D eigenvalue weighted by molar-refractivity contribution is 0.0724. The highest BCUT2D eigenvalue weighted by Crippen LogP contribution is 2.36. The van der Waals surface area contributed by atoms with Gasteiger partial charge in [0.25, 0.3) is 5.91 Å². The molecule has 3 aromatic rings. The molecule has 0 spiro atoms. The van der Waals surface area contributed by atoms with Crippen LogP contribution in [-0.4, -0.2) is 28.9 Å². The van der Waals surface area contributed by atoms with E-state index in [1.165, 1.54) is 23.3 Å². The van der Waals surface area contributed by atoms with E-state index in [2.05, 4.69) is 35.5 Å². The van der Waals surface area contributed by atoms with Crippen LogP contribution >= 0.6 is 22.9 Å². The fraction of sp³-hybridized carbons (Fsp3) is 0.360. The van der Waals surface area contributed by atoms with Crippen molar-refractivity contribution in [3.05, 3.63) is 64.3 Å². The largest absolute Gasteiger partial charge is 0.339 e. The zero-order valence-corrected chi connectivity index (χ0v) is 18.9. The summed E-state index contributed by atoms with van der Waals surface area (Å²) in [6.07, 6.45) is 8.62. The van der Waals surface area contributed by atoms with Gasteiger partial charge in [0, 0.05) is 46.0 Å². The average Bonchev–Trinajstić information content (AvgIpc) is 3.28. The fourth-order valence-electron chi connectivity index (χ4n) is 3.92. The highest BCUT2D eigenvalue weighted by molar-refractivity contribution is 7.14. The number of pyridine rings is 1. The molecule has 0 saturated carbocycles. The number of carbonyl (C=O) groups is 1. The standard InChI is InChI=1S/C25H27ClN2OS/c1-2-3-7-21-14-18(10-11-27-21)24-16-20(17-30-24)22-9-8-19(15-23(22)26)25(29)28-12-5-4-6-13-28/h8-11,14-17H,2-7,12-13H2,1H3. The van der Waals surface area contributed by atoms with E-state index >= 15 is 0 Å². The van der Waals surface area contributed by atoms with Gasteiger partial charge in [0.15, 0.2) is 0 Å². The lowest BCUT2D eigenvalue weighted by Gasteiger charge is -2.26. The van der Waals surface area contributed by atoms with Gasteiger partial charge in [0.2, 0.25) is 0 Å². The van der Waals surface area contributed by atoms with E-state index in [1.54, 1.807) is 11.3 Å². The second-order valence-corrected chi connectivity index (χ2v) is 9.20. The molecular weight excluding hydrogens is 412 g/mol. The zero-order valence-electron chi connectivity index (χ0n) is 17.4. The zero-order chi connectivity index (χ0) is 20.9. The van der Waals surface area contributed by atoms with Crippen LogP contribution in [0.2, 0.25) is 5.02 Å². The molecule has 0 radical (unpaired) electrons. The summed E-state index contributed by atoms with van der Waals surface area (Å²) < 4.78 is 0. The minimum absolute atomic E-state index is 0.0885. The van der Waals surface area contributed by atoms with Crippen LogP contribution < -0.4 is 0 Å². The number of rotatable bonds is 6. The molecule has 3 nitrogen and oxygen atoms in total. The van der Waals surface area contributed by atoms with Crippen molar-refractivity contribution in [1.29, 1.82) is 0 Å².